The predicted octanol–water partition coefficient (Wildman–Crippen LogP) is 2.50. The second-order valence-corrected chi connectivity index (χ2v) is 5.81. The van der Waals surface area contributed by atoms with Gasteiger partial charge in [0.15, 0.2) is 6.73 Å². The maximum absolute atomic E-state index is 12.5. The number of methoxy groups -OCH3 is 1. The number of aromatic nitrogens is 3. The van der Waals surface area contributed by atoms with E-state index in [-0.39, 0.29) is 19.1 Å². The third kappa shape index (κ3) is 3.06. The predicted molar refractivity (Wildman–Crippen MR) is 96.1 cm³/mol. The van der Waals surface area contributed by atoms with Gasteiger partial charge in [-0.2, -0.15) is 4.68 Å². The van der Waals surface area contributed by atoms with Gasteiger partial charge in [0, 0.05) is 18.1 Å². The van der Waals surface area contributed by atoms with Crippen LogP contribution in [-0.2, 0) is 22.8 Å². The molecular weight excluding hydrogens is 350 g/mol. The van der Waals surface area contributed by atoms with Crippen molar-refractivity contribution >= 4 is 27.8 Å². The molecule has 0 unspecified atom stereocenters. The van der Waals surface area contributed by atoms with Crippen LogP contribution < -0.4 is 5.56 Å². The number of benzene rings is 2. The van der Waals surface area contributed by atoms with Gasteiger partial charge in [0.05, 0.1) is 12.0 Å². The fourth-order valence-corrected chi connectivity index (χ4v) is 2.84. The number of rotatable bonds is 5. The lowest BCUT2D eigenvalue weighted by atomic mass is 10.1. The van der Waals surface area contributed by atoms with Gasteiger partial charge >= 0.3 is 5.97 Å². The number of ether oxygens (including phenoxy) is 2. The zero-order valence-electron chi connectivity index (χ0n) is 14.4. The third-order valence-electron chi connectivity index (χ3n) is 4.12. The molecular formula is C19H15N3O5. The van der Waals surface area contributed by atoms with Crippen molar-refractivity contribution < 1.29 is 18.7 Å². The van der Waals surface area contributed by atoms with E-state index in [4.69, 9.17) is 13.9 Å². The third-order valence-corrected chi connectivity index (χ3v) is 4.12. The van der Waals surface area contributed by atoms with Gasteiger partial charge in [0.1, 0.15) is 11.1 Å². The highest BCUT2D eigenvalue weighted by Crippen LogP contribution is 2.27. The number of esters is 1. The van der Waals surface area contributed by atoms with Crippen molar-refractivity contribution in [1.29, 1.82) is 0 Å². The van der Waals surface area contributed by atoms with Crippen molar-refractivity contribution in [2.75, 3.05) is 7.11 Å². The van der Waals surface area contributed by atoms with Crippen LogP contribution in [0.3, 0.4) is 0 Å². The topological polar surface area (TPSA) is 96.5 Å². The molecule has 0 spiro atoms. The normalized spacial score (nSPS) is 11.1. The Hall–Kier alpha value is -3.52. The van der Waals surface area contributed by atoms with E-state index < -0.39 is 11.5 Å². The van der Waals surface area contributed by atoms with Crippen LogP contribution in [0.4, 0.5) is 0 Å². The lowest BCUT2D eigenvalue weighted by molar-refractivity contribution is 0.0297. The van der Waals surface area contributed by atoms with Crippen molar-refractivity contribution in [3.63, 3.8) is 0 Å². The maximum Gasteiger partial charge on any atom is 0.376 e. The Morgan fingerprint density at radius 3 is 2.67 bits per heavy atom. The van der Waals surface area contributed by atoms with E-state index in [9.17, 15) is 9.59 Å². The van der Waals surface area contributed by atoms with E-state index in [1.165, 1.54) is 7.11 Å². The van der Waals surface area contributed by atoms with Crippen LogP contribution in [0.5, 0.6) is 0 Å². The fraction of sp³-hybridized carbons (Fsp3) is 0.158. The molecule has 0 bridgehead atoms. The van der Waals surface area contributed by atoms with Crippen LogP contribution in [0.15, 0.2) is 57.7 Å². The van der Waals surface area contributed by atoms with Crippen LogP contribution in [-0.4, -0.2) is 28.1 Å². The number of para-hydroxylation sites is 1. The lowest BCUT2D eigenvalue weighted by Crippen LogP contribution is -2.26. The molecule has 4 aromatic rings. The molecule has 0 aliphatic heterocycles. The first-order valence-corrected chi connectivity index (χ1v) is 8.18. The number of carbonyl (C=O) groups is 1. The number of fused-ring (bicyclic) bond motifs is 2. The van der Waals surface area contributed by atoms with Gasteiger partial charge in [-0.3, -0.25) is 4.79 Å². The molecule has 0 N–H and O–H groups in total. The highest BCUT2D eigenvalue weighted by atomic mass is 16.6. The molecule has 8 heteroatoms. The van der Waals surface area contributed by atoms with Crippen molar-refractivity contribution in [2.24, 2.45) is 0 Å². The first-order chi connectivity index (χ1) is 13.2. The monoisotopic (exact) mass is 365 g/mol. The van der Waals surface area contributed by atoms with Gasteiger partial charge < -0.3 is 13.9 Å². The van der Waals surface area contributed by atoms with Crippen LogP contribution in [0.2, 0.25) is 0 Å². The van der Waals surface area contributed by atoms with E-state index in [0.717, 1.165) is 10.1 Å². The molecule has 27 heavy (non-hydrogen) atoms. The van der Waals surface area contributed by atoms with Gasteiger partial charge in [0.2, 0.25) is 5.76 Å². The van der Waals surface area contributed by atoms with Crippen LogP contribution in [0.1, 0.15) is 16.1 Å². The summed E-state index contributed by atoms with van der Waals surface area (Å²) in [4.78, 5) is 24.9. The van der Waals surface area contributed by atoms with Crippen molar-refractivity contribution in [3.8, 4) is 0 Å². The van der Waals surface area contributed by atoms with E-state index in [1.807, 2.05) is 18.2 Å². The summed E-state index contributed by atoms with van der Waals surface area (Å²) in [5, 5.41) is 8.92. The Morgan fingerprint density at radius 1 is 1.11 bits per heavy atom. The van der Waals surface area contributed by atoms with Gasteiger partial charge in [-0.25, -0.2) is 4.79 Å². The van der Waals surface area contributed by atoms with Crippen LogP contribution >= 0.6 is 0 Å². The summed E-state index contributed by atoms with van der Waals surface area (Å²) in [6, 6.07) is 14.1. The minimum Gasteiger partial charge on any atom is -0.449 e. The Labute approximate surface area is 152 Å². The Balaban J connectivity index is 1.62. The first kappa shape index (κ1) is 16.9. The largest absolute Gasteiger partial charge is 0.449 e. The molecule has 8 nitrogen and oxygen atoms in total. The minimum atomic E-state index is -0.708. The summed E-state index contributed by atoms with van der Waals surface area (Å²) in [5.74, 6) is -0.667. The molecule has 2 aromatic carbocycles. The molecule has 0 fully saturated rings. The second-order valence-electron chi connectivity index (χ2n) is 5.81. The van der Waals surface area contributed by atoms with E-state index in [2.05, 4.69) is 10.3 Å². The van der Waals surface area contributed by atoms with Crippen LogP contribution in [0.25, 0.3) is 21.9 Å². The highest BCUT2D eigenvalue weighted by molar-refractivity contribution is 5.96. The zero-order chi connectivity index (χ0) is 18.8. The lowest BCUT2D eigenvalue weighted by Gasteiger charge is -2.06. The molecule has 4 rings (SSSR count). The first-order valence-electron chi connectivity index (χ1n) is 8.18. The number of carbonyl (C=O) groups excluding carboxylic acids is 1. The molecule has 0 radical (unpaired) electrons. The summed E-state index contributed by atoms with van der Waals surface area (Å²) in [6.45, 7) is -0.184. The van der Waals surface area contributed by atoms with E-state index in [1.54, 1.807) is 30.3 Å². The minimum absolute atomic E-state index is 0.0415. The molecule has 0 aliphatic rings. The highest BCUT2D eigenvalue weighted by Gasteiger charge is 2.22. The summed E-state index contributed by atoms with van der Waals surface area (Å²) in [7, 11) is 1.53. The standard InChI is InChI=1S/C19H15N3O5/c1-25-10-14-12-6-3-5-9-16(12)27-17(14)19(24)26-11-22-18(23)13-7-2-4-8-15(13)20-21-22/h2-9H,10-11H2,1H3. The Bertz CT molecular complexity index is 1190. The summed E-state index contributed by atoms with van der Waals surface area (Å²) >= 11 is 0. The summed E-state index contributed by atoms with van der Waals surface area (Å²) in [5.41, 5.74) is 1.23. The van der Waals surface area contributed by atoms with Crippen LogP contribution in [0, 0.1) is 0 Å². The number of furan rings is 1. The van der Waals surface area contributed by atoms with Gasteiger partial charge in [-0.15, -0.1) is 5.10 Å². The SMILES string of the molecule is COCc1c(C(=O)OCn2nnc3ccccc3c2=O)oc2ccccc12. The summed E-state index contributed by atoms with van der Waals surface area (Å²) in [6.07, 6.45) is 0. The van der Waals surface area contributed by atoms with Crippen molar-refractivity contribution in [3.05, 3.63) is 70.2 Å². The molecule has 0 aliphatic carbocycles. The van der Waals surface area contributed by atoms with Gasteiger partial charge in [-0.1, -0.05) is 35.5 Å². The molecule has 0 amide bonds. The van der Waals surface area contributed by atoms with Gasteiger partial charge in [0.25, 0.3) is 5.56 Å². The molecule has 0 saturated heterocycles. The van der Waals surface area contributed by atoms with E-state index in [0.29, 0.717) is 22.0 Å². The zero-order valence-corrected chi connectivity index (χ0v) is 14.4. The van der Waals surface area contributed by atoms with Crippen molar-refractivity contribution in [1.82, 2.24) is 15.0 Å². The average Bonchev–Trinajstić information content (AvgIpc) is 3.07. The van der Waals surface area contributed by atoms with Crippen molar-refractivity contribution in [2.45, 2.75) is 13.3 Å². The Morgan fingerprint density at radius 2 is 1.85 bits per heavy atom. The summed E-state index contributed by atoms with van der Waals surface area (Å²) < 4.78 is 17.0. The molecule has 2 heterocycles. The molecule has 0 saturated carbocycles. The smallest absolute Gasteiger partial charge is 0.376 e. The second kappa shape index (κ2) is 7.00. The average molecular weight is 365 g/mol. The van der Waals surface area contributed by atoms with E-state index >= 15 is 0 Å². The molecule has 0 atom stereocenters. The molecule has 136 valence electrons. The van der Waals surface area contributed by atoms with Gasteiger partial charge in [-0.05, 0) is 18.2 Å². The number of hydrogen-bond acceptors (Lipinski definition) is 7. The fourth-order valence-electron chi connectivity index (χ4n) is 2.84. The molecule has 2 aromatic heterocycles. The quantitative estimate of drug-likeness (QED) is 0.501. The number of hydrogen-bond donors (Lipinski definition) is 0. The number of nitrogens with zero attached hydrogens (tertiary/aromatic N) is 3. The maximum atomic E-state index is 12.5. The Kier molecular flexibility index (Phi) is 4.39.